The molecule has 1 fully saturated rings. The van der Waals surface area contributed by atoms with Crippen LogP contribution in [0.15, 0.2) is 30.3 Å². The summed E-state index contributed by atoms with van der Waals surface area (Å²) in [6.07, 6.45) is 3.79. The van der Waals surface area contributed by atoms with Gasteiger partial charge in [0.25, 0.3) is 0 Å². The third kappa shape index (κ3) is 2.82. The number of piperidine rings is 1. The lowest BCUT2D eigenvalue weighted by atomic mass is 9.95. The summed E-state index contributed by atoms with van der Waals surface area (Å²) in [6, 6.07) is 10.7. The van der Waals surface area contributed by atoms with E-state index in [1.807, 2.05) is 18.2 Å². The molecule has 0 aromatic heterocycles. The average molecular weight is 220 g/mol. The molecule has 1 aliphatic rings. The largest absolute Gasteiger partial charge is 0.357 e. The number of hydrogen-bond acceptors (Lipinski definition) is 3. The van der Waals surface area contributed by atoms with Crippen LogP contribution >= 0.6 is 0 Å². The maximum Gasteiger partial charge on any atom is 0.0995 e. The second-order valence-electron chi connectivity index (χ2n) is 4.22. The molecule has 16 heavy (non-hydrogen) atoms. The van der Waals surface area contributed by atoms with Crippen LogP contribution in [0.2, 0.25) is 0 Å². The average Bonchev–Trinajstić information content (AvgIpc) is 2.38. The van der Waals surface area contributed by atoms with Crippen LogP contribution in [-0.2, 0) is 4.74 Å². The molecular weight excluding hydrogens is 200 g/mol. The number of hydrogen-bond donors (Lipinski definition) is 2. The molecule has 3 N–H and O–H groups in total. The molecular formula is C13H20N2O. The highest BCUT2D eigenvalue weighted by atomic mass is 16.5. The molecule has 1 aromatic carbocycles. The van der Waals surface area contributed by atoms with Crippen molar-refractivity contribution in [3.05, 3.63) is 35.9 Å². The molecule has 88 valence electrons. The normalized spacial score (nSPS) is 22.9. The Morgan fingerprint density at radius 3 is 2.75 bits per heavy atom. The van der Waals surface area contributed by atoms with E-state index in [9.17, 15) is 0 Å². The Morgan fingerprint density at radius 2 is 2.12 bits per heavy atom. The van der Waals surface area contributed by atoms with Gasteiger partial charge in [0, 0.05) is 6.04 Å². The zero-order valence-electron chi connectivity index (χ0n) is 9.56. The van der Waals surface area contributed by atoms with Gasteiger partial charge in [0.15, 0.2) is 0 Å². The van der Waals surface area contributed by atoms with Crippen molar-refractivity contribution in [1.29, 1.82) is 0 Å². The quantitative estimate of drug-likeness (QED) is 0.761. The van der Waals surface area contributed by atoms with Crippen molar-refractivity contribution < 1.29 is 4.74 Å². The summed E-state index contributed by atoms with van der Waals surface area (Å²) < 4.78 is 5.68. The molecule has 3 nitrogen and oxygen atoms in total. The lowest BCUT2D eigenvalue weighted by Gasteiger charge is -2.31. The van der Waals surface area contributed by atoms with Gasteiger partial charge in [-0.25, -0.2) is 0 Å². The number of benzene rings is 1. The topological polar surface area (TPSA) is 47.3 Å². The van der Waals surface area contributed by atoms with E-state index in [0.717, 1.165) is 6.54 Å². The fourth-order valence-corrected chi connectivity index (χ4v) is 2.33. The van der Waals surface area contributed by atoms with Crippen LogP contribution in [0.3, 0.4) is 0 Å². The first-order valence-electron chi connectivity index (χ1n) is 6.02. The molecule has 1 heterocycles. The Kier molecular flexibility index (Phi) is 4.34. The molecule has 1 aliphatic heterocycles. The third-order valence-corrected chi connectivity index (χ3v) is 3.12. The molecule has 0 amide bonds. The highest BCUT2D eigenvalue weighted by Gasteiger charge is 2.24. The van der Waals surface area contributed by atoms with E-state index < -0.39 is 0 Å². The minimum Gasteiger partial charge on any atom is -0.357 e. The Bertz CT molecular complexity index is 296. The predicted molar refractivity (Wildman–Crippen MR) is 65.0 cm³/mol. The Balaban J connectivity index is 2.09. The maximum atomic E-state index is 5.68. The fourth-order valence-electron chi connectivity index (χ4n) is 2.33. The highest BCUT2D eigenvalue weighted by molar-refractivity contribution is 5.19. The number of nitrogens with two attached hydrogens (primary N) is 1. The molecule has 0 radical (unpaired) electrons. The first-order chi connectivity index (χ1) is 7.92. The summed E-state index contributed by atoms with van der Waals surface area (Å²) in [7, 11) is 0. The van der Waals surface area contributed by atoms with Gasteiger partial charge < -0.3 is 15.8 Å². The molecule has 3 heteroatoms. The lowest BCUT2D eigenvalue weighted by molar-refractivity contribution is 0.0219. The van der Waals surface area contributed by atoms with Crippen LogP contribution in [0.4, 0.5) is 0 Å². The van der Waals surface area contributed by atoms with E-state index in [4.69, 9.17) is 10.5 Å². The van der Waals surface area contributed by atoms with Crippen molar-refractivity contribution in [3.8, 4) is 0 Å². The third-order valence-electron chi connectivity index (χ3n) is 3.12. The van der Waals surface area contributed by atoms with Crippen LogP contribution in [0.1, 0.15) is 30.9 Å². The van der Waals surface area contributed by atoms with Crippen molar-refractivity contribution in [2.75, 3.05) is 13.3 Å². The second-order valence-corrected chi connectivity index (χ2v) is 4.22. The first kappa shape index (κ1) is 11.6. The molecule has 0 spiro atoms. The van der Waals surface area contributed by atoms with Crippen molar-refractivity contribution in [3.63, 3.8) is 0 Å². The molecule has 0 aliphatic carbocycles. The first-order valence-corrected chi connectivity index (χ1v) is 6.02. The van der Waals surface area contributed by atoms with E-state index in [-0.39, 0.29) is 12.8 Å². The molecule has 2 unspecified atom stereocenters. The summed E-state index contributed by atoms with van der Waals surface area (Å²) in [5.41, 5.74) is 6.74. The fraction of sp³-hybridized carbons (Fsp3) is 0.538. The number of ether oxygens (including phenoxy) is 1. The molecule has 1 aromatic rings. The Morgan fingerprint density at radius 1 is 1.31 bits per heavy atom. The van der Waals surface area contributed by atoms with E-state index in [2.05, 4.69) is 17.4 Å². The van der Waals surface area contributed by atoms with E-state index in [1.165, 1.54) is 24.8 Å². The van der Waals surface area contributed by atoms with E-state index >= 15 is 0 Å². The van der Waals surface area contributed by atoms with Gasteiger partial charge in [0.05, 0.1) is 12.8 Å². The van der Waals surface area contributed by atoms with Gasteiger partial charge in [0.2, 0.25) is 0 Å². The summed E-state index contributed by atoms with van der Waals surface area (Å²) in [4.78, 5) is 0. The standard InChI is InChI=1S/C13H20N2O/c14-10-16-13(11-6-2-1-3-7-11)12-8-4-5-9-15-12/h1-3,6-7,12-13,15H,4-5,8-10,14H2. The molecule has 2 rings (SSSR count). The van der Waals surface area contributed by atoms with Gasteiger partial charge in [0.1, 0.15) is 0 Å². The van der Waals surface area contributed by atoms with Gasteiger partial charge in [-0.05, 0) is 24.9 Å². The van der Waals surface area contributed by atoms with Crippen LogP contribution in [0.25, 0.3) is 0 Å². The zero-order valence-corrected chi connectivity index (χ0v) is 9.56. The summed E-state index contributed by atoms with van der Waals surface area (Å²) >= 11 is 0. The van der Waals surface area contributed by atoms with E-state index in [1.54, 1.807) is 0 Å². The van der Waals surface area contributed by atoms with Crippen molar-refractivity contribution in [2.24, 2.45) is 5.73 Å². The maximum absolute atomic E-state index is 5.68. The second kappa shape index (κ2) is 5.99. The van der Waals surface area contributed by atoms with Gasteiger partial charge in [-0.2, -0.15) is 0 Å². The van der Waals surface area contributed by atoms with Gasteiger partial charge in [-0.15, -0.1) is 0 Å². The molecule has 2 atom stereocenters. The van der Waals surface area contributed by atoms with Gasteiger partial charge in [-0.1, -0.05) is 36.8 Å². The summed E-state index contributed by atoms with van der Waals surface area (Å²) in [5.74, 6) is 0. The molecule has 0 bridgehead atoms. The van der Waals surface area contributed by atoms with Gasteiger partial charge >= 0.3 is 0 Å². The SMILES string of the molecule is NCOC(c1ccccc1)C1CCCCN1. The highest BCUT2D eigenvalue weighted by Crippen LogP contribution is 2.25. The Labute approximate surface area is 97.0 Å². The van der Waals surface area contributed by atoms with Gasteiger partial charge in [-0.3, -0.25) is 0 Å². The minimum absolute atomic E-state index is 0.0894. The minimum atomic E-state index is 0.0894. The smallest absolute Gasteiger partial charge is 0.0995 e. The van der Waals surface area contributed by atoms with Crippen molar-refractivity contribution in [1.82, 2.24) is 5.32 Å². The monoisotopic (exact) mass is 220 g/mol. The van der Waals surface area contributed by atoms with Crippen LogP contribution < -0.4 is 11.1 Å². The lowest BCUT2D eigenvalue weighted by Crippen LogP contribution is -2.40. The van der Waals surface area contributed by atoms with Crippen molar-refractivity contribution >= 4 is 0 Å². The number of rotatable bonds is 4. The molecule has 0 saturated carbocycles. The number of nitrogens with one attached hydrogen (secondary N) is 1. The molecule has 1 saturated heterocycles. The zero-order chi connectivity index (χ0) is 11.2. The summed E-state index contributed by atoms with van der Waals surface area (Å²) in [6.45, 7) is 1.36. The van der Waals surface area contributed by atoms with Crippen LogP contribution in [-0.4, -0.2) is 19.3 Å². The Hall–Kier alpha value is -0.900. The van der Waals surface area contributed by atoms with E-state index in [0.29, 0.717) is 6.04 Å². The van der Waals surface area contributed by atoms with Crippen LogP contribution in [0.5, 0.6) is 0 Å². The van der Waals surface area contributed by atoms with Crippen LogP contribution in [0, 0.1) is 0 Å². The predicted octanol–water partition coefficient (Wildman–Crippen LogP) is 1.80. The summed E-state index contributed by atoms with van der Waals surface area (Å²) in [5, 5.41) is 3.52. The van der Waals surface area contributed by atoms with Crippen molar-refractivity contribution in [2.45, 2.75) is 31.4 Å².